The number of amides is 1. The van der Waals surface area contributed by atoms with Crippen LogP contribution in [0, 0.1) is 0 Å². The van der Waals surface area contributed by atoms with Crippen molar-refractivity contribution in [1.29, 1.82) is 0 Å². The van der Waals surface area contributed by atoms with Crippen LogP contribution in [0.15, 0.2) is 42.5 Å². The van der Waals surface area contributed by atoms with Crippen LogP contribution >= 0.6 is 0 Å². The number of methoxy groups -OCH3 is 3. The molecule has 34 heavy (non-hydrogen) atoms. The molecule has 0 fully saturated rings. The van der Waals surface area contributed by atoms with Crippen molar-refractivity contribution in [3.8, 4) is 28.6 Å². The molecule has 180 valence electrons. The average molecular weight is 469 g/mol. The third-order valence-corrected chi connectivity index (χ3v) is 5.61. The Morgan fingerprint density at radius 2 is 1.71 bits per heavy atom. The van der Waals surface area contributed by atoms with Gasteiger partial charge in [-0.05, 0) is 31.0 Å². The fraction of sp³-hybridized carbons (Fsp3) is 0.333. The van der Waals surface area contributed by atoms with Crippen LogP contribution < -0.4 is 14.2 Å². The number of hydrogen-bond donors (Lipinski definition) is 1. The Bertz CT molecular complexity index is 1130. The fourth-order valence-corrected chi connectivity index (χ4v) is 4.02. The predicted octanol–water partition coefficient (Wildman–Crippen LogP) is 2.82. The Kier molecular flexibility index (Phi) is 8.07. The zero-order chi connectivity index (χ0) is 24.7. The molecule has 2 heterocycles. The van der Waals surface area contributed by atoms with Crippen LogP contribution in [0.1, 0.15) is 24.4 Å². The van der Waals surface area contributed by atoms with Gasteiger partial charge in [-0.25, -0.2) is 0 Å². The van der Waals surface area contributed by atoms with E-state index >= 15 is 0 Å². The molecule has 3 aromatic rings. The molecule has 0 bridgehead atoms. The number of nitrogens with zero attached hydrogens (tertiary/aromatic N) is 4. The van der Waals surface area contributed by atoms with Gasteiger partial charge in [0.05, 0.1) is 33.4 Å². The topological polar surface area (TPSA) is 116 Å². The first-order valence-electron chi connectivity index (χ1n) is 10.6. The van der Waals surface area contributed by atoms with Gasteiger partial charge in [-0.1, -0.05) is 30.3 Å². The molecule has 0 unspecified atom stereocenters. The fourth-order valence-electron chi connectivity index (χ4n) is 4.02. The largest absolute Gasteiger partial charge is 0.493 e. The van der Waals surface area contributed by atoms with Crippen LogP contribution in [-0.4, -0.2) is 65.0 Å². The molecule has 10 nitrogen and oxygen atoms in total. The summed E-state index contributed by atoms with van der Waals surface area (Å²) in [5.74, 6) is 2.87. The molecule has 0 aliphatic carbocycles. The van der Waals surface area contributed by atoms with Crippen molar-refractivity contribution in [2.75, 3.05) is 27.9 Å². The molecule has 1 amide bonds. The number of ether oxygens (including phenoxy) is 3. The molecule has 0 radical (unpaired) electrons. The van der Waals surface area contributed by atoms with E-state index in [-0.39, 0.29) is 12.4 Å². The number of carbonyl (C=O) groups is 2. The zero-order valence-corrected chi connectivity index (χ0v) is 19.6. The average Bonchev–Trinajstić information content (AvgIpc) is 3.29. The molecular formula is C24H28N4O6. The molecule has 2 aromatic carbocycles. The van der Waals surface area contributed by atoms with E-state index in [0.717, 1.165) is 12.2 Å². The Hall–Kier alpha value is -4.08. The maximum absolute atomic E-state index is 13.1. The first-order valence-corrected chi connectivity index (χ1v) is 10.6. The molecule has 1 aromatic heterocycles. The summed E-state index contributed by atoms with van der Waals surface area (Å²) in [6.07, 6.45) is 0.795. The summed E-state index contributed by atoms with van der Waals surface area (Å²) < 4.78 is 18.4. The van der Waals surface area contributed by atoms with Crippen molar-refractivity contribution in [3.63, 3.8) is 0 Å². The molecule has 1 atom stereocenters. The van der Waals surface area contributed by atoms with Crippen molar-refractivity contribution in [2.45, 2.75) is 25.9 Å². The van der Waals surface area contributed by atoms with Crippen LogP contribution in [0.4, 0.5) is 0 Å². The van der Waals surface area contributed by atoms with E-state index in [9.17, 15) is 4.79 Å². The number of benzene rings is 2. The van der Waals surface area contributed by atoms with Crippen molar-refractivity contribution in [3.05, 3.63) is 53.9 Å². The highest BCUT2D eigenvalue weighted by atomic mass is 16.5. The zero-order valence-electron chi connectivity index (χ0n) is 19.6. The molecular weight excluding hydrogens is 440 g/mol. The third-order valence-electron chi connectivity index (χ3n) is 5.61. The van der Waals surface area contributed by atoms with Crippen molar-refractivity contribution in [1.82, 2.24) is 19.7 Å². The van der Waals surface area contributed by atoms with Crippen LogP contribution in [-0.2, 0) is 22.6 Å². The summed E-state index contributed by atoms with van der Waals surface area (Å²) in [4.78, 5) is 23.3. The monoisotopic (exact) mass is 468 g/mol. The number of fused-ring (bicyclic) bond motifs is 1. The van der Waals surface area contributed by atoms with Crippen LogP contribution in [0.5, 0.6) is 17.2 Å². The van der Waals surface area contributed by atoms with Gasteiger partial charge in [-0.2, -0.15) is 0 Å². The Labute approximate surface area is 197 Å². The van der Waals surface area contributed by atoms with E-state index < -0.39 is 6.04 Å². The molecule has 0 saturated carbocycles. The summed E-state index contributed by atoms with van der Waals surface area (Å²) in [6.45, 7) is 2.67. The van der Waals surface area contributed by atoms with Crippen molar-refractivity contribution >= 4 is 12.4 Å². The highest BCUT2D eigenvalue weighted by Gasteiger charge is 2.34. The SMILES string of the molecule is COc1ccc(-c2nnc3n2[C@H](C)C(=O)N(CCc2ccccc2)C3)c(OC)c1OC.O=CO. The molecule has 1 aliphatic rings. The molecule has 1 aliphatic heterocycles. The van der Waals surface area contributed by atoms with Crippen LogP contribution in [0.3, 0.4) is 0 Å². The lowest BCUT2D eigenvalue weighted by Crippen LogP contribution is -2.42. The second kappa shape index (κ2) is 11.2. The van der Waals surface area contributed by atoms with Gasteiger partial charge >= 0.3 is 0 Å². The predicted molar refractivity (Wildman–Crippen MR) is 124 cm³/mol. The van der Waals surface area contributed by atoms with Gasteiger partial charge in [0.2, 0.25) is 11.7 Å². The maximum Gasteiger partial charge on any atom is 0.290 e. The second-order valence-corrected chi connectivity index (χ2v) is 7.47. The van der Waals surface area contributed by atoms with Gasteiger partial charge in [-0.15, -0.1) is 10.2 Å². The van der Waals surface area contributed by atoms with Crippen LogP contribution in [0.25, 0.3) is 11.4 Å². The minimum Gasteiger partial charge on any atom is -0.493 e. The van der Waals surface area contributed by atoms with Gasteiger partial charge in [0.15, 0.2) is 23.1 Å². The van der Waals surface area contributed by atoms with Gasteiger partial charge in [0.1, 0.15) is 6.04 Å². The third kappa shape index (κ3) is 4.80. The number of rotatable bonds is 7. The molecule has 1 N–H and O–H groups in total. The van der Waals surface area contributed by atoms with Crippen molar-refractivity contribution < 1.29 is 28.9 Å². The molecule has 4 rings (SSSR count). The quantitative estimate of drug-likeness (QED) is 0.526. The van der Waals surface area contributed by atoms with E-state index in [1.165, 1.54) is 5.56 Å². The second-order valence-electron chi connectivity index (χ2n) is 7.47. The van der Waals surface area contributed by atoms with Gasteiger partial charge in [-0.3, -0.25) is 14.2 Å². The lowest BCUT2D eigenvalue weighted by molar-refractivity contribution is -0.136. The Morgan fingerprint density at radius 3 is 2.32 bits per heavy atom. The smallest absolute Gasteiger partial charge is 0.290 e. The standard InChI is InChI=1S/C23H26N4O4.CH2O2/c1-15-23(28)26(13-12-16-8-6-5-7-9-16)14-19-24-25-22(27(15)19)17-10-11-18(29-2)21(31-4)20(17)30-3;2-1-3/h5-11,15H,12-14H2,1-4H3;1H,(H,2,3)/t15-;/m1./s1. The number of carbonyl (C=O) groups excluding carboxylic acids is 1. The summed E-state index contributed by atoms with van der Waals surface area (Å²) in [7, 11) is 4.69. The number of hydrogen-bond acceptors (Lipinski definition) is 7. The Balaban J connectivity index is 0.00000103. The van der Waals surface area contributed by atoms with Crippen LogP contribution in [0.2, 0.25) is 0 Å². The van der Waals surface area contributed by atoms with Gasteiger partial charge < -0.3 is 24.2 Å². The summed E-state index contributed by atoms with van der Waals surface area (Å²) in [5.41, 5.74) is 1.89. The van der Waals surface area contributed by atoms with E-state index in [2.05, 4.69) is 22.3 Å². The Morgan fingerprint density at radius 1 is 1.03 bits per heavy atom. The molecule has 0 saturated heterocycles. The summed E-state index contributed by atoms with van der Waals surface area (Å²) >= 11 is 0. The number of carboxylic acid groups (broad SMARTS) is 1. The highest BCUT2D eigenvalue weighted by Crippen LogP contribution is 2.44. The minimum atomic E-state index is -0.428. The van der Waals surface area contributed by atoms with E-state index in [4.69, 9.17) is 24.1 Å². The number of aromatic nitrogens is 3. The van der Waals surface area contributed by atoms with Gasteiger partial charge in [0, 0.05) is 6.54 Å². The van der Waals surface area contributed by atoms with Gasteiger partial charge in [0.25, 0.3) is 6.47 Å². The highest BCUT2D eigenvalue weighted by molar-refractivity contribution is 5.83. The first kappa shape index (κ1) is 24.6. The van der Waals surface area contributed by atoms with E-state index in [1.807, 2.05) is 40.7 Å². The molecule has 10 heteroatoms. The minimum absolute atomic E-state index is 0.0453. The van der Waals surface area contributed by atoms with Crippen molar-refractivity contribution in [2.24, 2.45) is 0 Å². The lowest BCUT2D eigenvalue weighted by Gasteiger charge is -2.32. The summed E-state index contributed by atoms with van der Waals surface area (Å²) in [5, 5.41) is 15.7. The first-order chi connectivity index (χ1) is 16.5. The molecule has 0 spiro atoms. The normalized spacial score (nSPS) is 14.5. The summed E-state index contributed by atoms with van der Waals surface area (Å²) in [6, 6.07) is 13.4. The maximum atomic E-state index is 13.1. The van der Waals surface area contributed by atoms with E-state index in [1.54, 1.807) is 27.4 Å². The van der Waals surface area contributed by atoms with E-state index in [0.29, 0.717) is 41.7 Å². The lowest BCUT2D eigenvalue weighted by atomic mass is 10.1.